The van der Waals surface area contributed by atoms with Gasteiger partial charge in [0.2, 0.25) is 0 Å². The van der Waals surface area contributed by atoms with Gasteiger partial charge in [-0.3, -0.25) is 0 Å². The second kappa shape index (κ2) is 3.55. The van der Waals surface area contributed by atoms with Gasteiger partial charge in [0, 0.05) is 10.4 Å². The number of nitrogens with two attached hydrogens (primary N) is 1. The molecule has 1 aromatic carbocycles. The largest absolute Gasteiger partial charge is 0.321 e. The fourth-order valence-corrected chi connectivity index (χ4v) is 2.32. The van der Waals surface area contributed by atoms with Crippen molar-refractivity contribution in [3.05, 3.63) is 29.6 Å². The first kappa shape index (κ1) is 9.99. The average molecular weight is 211 g/mol. The van der Waals surface area contributed by atoms with Gasteiger partial charge in [-0.05, 0) is 43.2 Å². The summed E-state index contributed by atoms with van der Waals surface area (Å²) >= 11 is 1.43. The van der Waals surface area contributed by atoms with E-state index in [1.165, 1.54) is 24.2 Å². The Morgan fingerprint density at radius 1 is 1.43 bits per heavy atom. The lowest BCUT2D eigenvalue weighted by Crippen LogP contribution is -2.43. The zero-order valence-electron chi connectivity index (χ0n) is 8.22. The van der Waals surface area contributed by atoms with Crippen molar-refractivity contribution >= 4 is 11.8 Å². The Morgan fingerprint density at radius 2 is 2.14 bits per heavy atom. The molecule has 2 N–H and O–H groups in total. The molecule has 0 amide bonds. The molecule has 14 heavy (non-hydrogen) atoms. The van der Waals surface area contributed by atoms with Crippen molar-refractivity contribution in [3.8, 4) is 0 Å². The molecule has 1 fully saturated rings. The highest BCUT2D eigenvalue weighted by molar-refractivity contribution is 7.98. The molecule has 0 atom stereocenters. The zero-order valence-corrected chi connectivity index (χ0v) is 9.03. The van der Waals surface area contributed by atoms with Gasteiger partial charge in [-0.1, -0.05) is 6.07 Å². The lowest BCUT2D eigenvalue weighted by Gasteiger charge is -2.38. The van der Waals surface area contributed by atoms with E-state index < -0.39 is 0 Å². The molecule has 0 saturated heterocycles. The summed E-state index contributed by atoms with van der Waals surface area (Å²) in [6.45, 7) is 0. The molecule has 0 aliphatic heterocycles. The molecule has 0 unspecified atom stereocenters. The molecule has 0 bridgehead atoms. The van der Waals surface area contributed by atoms with Gasteiger partial charge in [0.1, 0.15) is 5.82 Å². The van der Waals surface area contributed by atoms with Gasteiger partial charge < -0.3 is 5.73 Å². The van der Waals surface area contributed by atoms with Crippen LogP contribution in [0.5, 0.6) is 0 Å². The number of benzene rings is 1. The molecule has 0 aromatic heterocycles. The minimum atomic E-state index is -0.182. The van der Waals surface area contributed by atoms with Crippen molar-refractivity contribution in [1.82, 2.24) is 0 Å². The highest BCUT2D eigenvalue weighted by Gasteiger charge is 2.34. The molecule has 0 radical (unpaired) electrons. The summed E-state index contributed by atoms with van der Waals surface area (Å²) in [5, 5.41) is 0. The maximum atomic E-state index is 13.2. The van der Waals surface area contributed by atoms with Crippen LogP contribution in [0.2, 0.25) is 0 Å². The third kappa shape index (κ3) is 1.55. The summed E-state index contributed by atoms with van der Waals surface area (Å²) in [6, 6.07) is 5.22. The first-order chi connectivity index (χ1) is 6.65. The lowest BCUT2D eigenvalue weighted by atomic mass is 9.73. The fourth-order valence-electron chi connectivity index (χ4n) is 1.82. The first-order valence-corrected chi connectivity index (χ1v) is 6.01. The van der Waals surface area contributed by atoms with E-state index in [0.717, 1.165) is 18.4 Å². The van der Waals surface area contributed by atoms with E-state index in [2.05, 4.69) is 0 Å². The second-order valence-electron chi connectivity index (χ2n) is 3.86. The van der Waals surface area contributed by atoms with E-state index >= 15 is 0 Å². The van der Waals surface area contributed by atoms with E-state index in [-0.39, 0.29) is 11.4 Å². The van der Waals surface area contributed by atoms with Crippen LogP contribution in [-0.4, -0.2) is 6.26 Å². The molecule has 0 heterocycles. The number of rotatable bonds is 2. The standard InChI is InChI=1S/C11H14FNS/c1-14-10-7-8(3-4-9(10)12)11(13)5-2-6-11/h3-4,7H,2,5-6,13H2,1H3. The predicted molar refractivity (Wildman–Crippen MR) is 57.9 cm³/mol. The van der Waals surface area contributed by atoms with Crippen LogP contribution in [0.1, 0.15) is 24.8 Å². The Labute approximate surface area is 87.9 Å². The van der Waals surface area contributed by atoms with Gasteiger partial charge in [-0.2, -0.15) is 0 Å². The van der Waals surface area contributed by atoms with Crippen LogP contribution in [0.4, 0.5) is 4.39 Å². The third-order valence-corrected chi connectivity index (χ3v) is 3.72. The molecule has 0 spiro atoms. The summed E-state index contributed by atoms with van der Waals surface area (Å²) in [4.78, 5) is 0.694. The van der Waals surface area contributed by atoms with Crippen molar-refractivity contribution in [3.63, 3.8) is 0 Å². The molecule has 1 nitrogen and oxygen atoms in total. The molecule has 1 saturated carbocycles. The number of halogens is 1. The van der Waals surface area contributed by atoms with Crippen LogP contribution in [0.3, 0.4) is 0 Å². The van der Waals surface area contributed by atoms with Crippen LogP contribution in [0.15, 0.2) is 23.1 Å². The summed E-state index contributed by atoms with van der Waals surface area (Å²) in [5.41, 5.74) is 7.06. The van der Waals surface area contributed by atoms with Gasteiger partial charge in [0.05, 0.1) is 0 Å². The fraction of sp³-hybridized carbons (Fsp3) is 0.455. The normalized spacial score (nSPS) is 19.1. The second-order valence-corrected chi connectivity index (χ2v) is 4.71. The minimum Gasteiger partial charge on any atom is -0.321 e. The minimum absolute atomic E-state index is 0.149. The van der Waals surface area contributed by atoms with Crippen molar-refractivity contribution < 1.29 is 4.39 Å². The van der Waals surface area contributed by atoms with Crippen molar-refractivity contribution in [2.24, 2.45) is 5.73 Å². The SMILES string of the molecule is CSc1cc(C2(N)CCC2)ccc1F. The third-order valence-electron chi connectivity index (χ3n) is 2.97. The van der Waals surface area contributed by atoms with Crippen LogP contribution in [-0.2, 0) is 5.54 Å². The van der Waals surface area contributed by atoms with E-state index in [1.807, 2.05) is 18.4 Å². The first-order valence-electron chi connectivity index (χ1n) is 4.79. The predicted octanol–water partition coefficient (Wildman–Crippen LogP) is 2.89. The Balaban J connectivity index is 2.35. The van der Waals surface area contributed by atoms with Gasteiger partial charge >= 0.3 is 0 Å². The molecular weight excluding hydrogens is 197 g/mol. The number of hydrogen-bond acceptors (Lipinski definition) is 2. The van der Waals surface area contributed by atoms with Crippen molar-refractivity contribution in [1.29, 1.82) is 0 Å². The van der Waals surface area contributed by atoms with E-state index in [1.54, 1.807) is 0 Å². The van der Waals surface area contributed by atoms with Crippen LogP contribution >= 0.6 is 11.8 Å². The molecular formula is C11H14FNS. The van der Waals surface area contributed by atoms with Gasteiger partial charge in [0.15, 0.2) is 0 Å². The monoisotopic (exact) mass is 211 g/mol. The van der Waals surface area contributed by atoms with Gasteiger partial charge in [-0.15, -0.1) is 11.8 Å². The summed E-state index contributed by atoms with van der Waals surface area (Å²) in [7, 11) is 0. The van der Waals surface area contributed by atoms with Crippen molar-refractivity contribution in [2.75, 3.05) is 6.26 Å². The zero-order chi connectivity index (χ0) is 10.2. The maximum Gasteiger partial charge on any atom is 0.136 e. The Hall–Kier alpha value is -0.540. The van der Waals surface area contributed by atoms with E-state index in [0.29, 0.717) is 4.90 Å². The lowest BCUT2D eigenvalue weighted by molar-refractivity contribution is 0.253. The molecule has 3 heteroatoms. The topological polar surface area (TPSA) is 26.0 Å². The highest BCUT2D eigenvalue weighted by Crippen LogP contribution is 2.39. The Bertz CT molecular complexity index is 347. The molecule has 76 valence electrons. The number of hydrogen-bond donors (Lipinski definition) is 1. The van der Waals surface area contributed by atoms with Crippen LogP contribution in [0.25, 0.3) is 0 Å². The van der Waals surface area contributed by atoms with Crippen LogP contribution < -0.4 is 5.73 Å². The Morgan fingerprint density at radius 3 is 2.64 bits per heavy atom. The van der Waals surface area contributed by atoms with Crippen molar-refractivity contribution in [2.45, 2.75) is 29.7 Å². The van der Waals surface area contributed by atoms with Crippen LogP contribution in [0, 0.1) is 5.82 Å². The number of thioether (sulfide) groups is 1. The average Bonchev–Trinajstić information content (AvgIpc) is 2.15. The molecule has 1 aliphatic carbocycles. The summed E-state index contributed by atoms with van der Waals surface area (Å²) in [6.07, 6.45) is 5.10. The summed E-state index contributed by atoms with van der Waals surface area (Å²) in [5.74, 6) is -0.149. The summed E-state index contributed by atoms with van der Waals surface area (Å²) < 4.78 is 13.2. The molecule has 2 rings (SSSR count). The molecule has 1 aliphatic rings. The Kier molecular flexibility index (Phi) is 2.54. The smallest absolute Gasteiger partial charge is 0.136 e. The quantitative estimate of drug-likeness (QED) is 0.761. The highest BCUT2D eigenvalue weighted by atomic mass is 32.2. The molecule has 1 aromatic rings. The maximum absolute atomic E-state index is 13.2. The van der Waals surface area contributed by atoms with Gasteiger partial charge in [-0.25, -0.2) is 4.39 Å². The van der Waals surface area contributed by atoms with Gasteiger partial charge in [0.25, 0.3) is 0 Å². The van der Waals surface area contributed by atoms with E-state index in [4.69, 9.17) is 5.73 Å². The van der Waals surface area contributed by atoms with E-state index in [9.17, 15) is 4.39 Å².